The lowest BCUT2D eigenvalue weighted by Gasteiger charge is -2.33. The fourth-order valence-electron chi connectivity index (χ4n) is 5.18. The molecule has 0 aliphatic carbocycles. The SMILES string of the molecule is CCc1ccc(N(c2[nH]c3cc(C#N)ccc3c2C(=O)OC)C(C)C)cc1C1CCN(C)CC1. The number of aromatic amines is 1. The number of anilines is 2. The third-order valence-corrected chi connectivity index (χ3v) is 7.00. The number of carbonyl (C=O) groups is 1. The lowest BCUT2D eigenvalue weighted by atomic mass is 9.85. The molecule has 2 heterocycles. The molecule has 4 rings (SSSR count). The Kier molecular flexibility index (Phi) is 6.95. The summed E-state index contributed by atoms with van der Waals surface area (Å²) in [5.41, 5.74) is 5.66. The molecular weight excluding hydrogens is 424 g/mol. The van der Waals surface area contributed by atoms with Crippen molar-refractivity contribution in [3.63, 3.8) is 0 Å². The number of carbonyl (C=O) groups excluding carboxylic acids is 1. The highest BCUT2D eigenvalue weighted by Crippen LogP contribution is 2.39. The van der Waals surface area contributed by atoms with Crippen LogP contribution >= 0.6 is 0 Å². The van der Waals surface area contributed by atoms with Gasteiger partial charge >= 0.3 is 5.97 Å². The van der Waals surface area contributed by atoms with Gasteiger partial charge in [0.25, 0.3) is 0 Å². The molecule has 178 valence electrons. The molecule has 1 saturated heterocycles. The molecule has 0 atom stereocenters. The zero-order chi connectivity index (χ0) is 24.4. The van der Waals surface area contributed by atoms with Crippen LogP contribution in [-0.2, 0) is 11.2 Å². The number of esters is 1. The molecule has 0 amide bonds. The summed E-state index contributed by atoms with van der Waals surface area (Å²) in [6, 6.07) is 14.3. The first-order valence-electron chi connectivity index (χ1n) is 12.1. The minimum atomic E-state index is -0.391. The summed E-state index contributed by atoms with van der Waals surface area (Å²) in [7, 11) is 3.60. The van der Waals surface area contributed by atoms with Crippen LogP contribution in [0.5, 0.6) is 0 Å². The predicted molar refractivity (Wildman–Crippen MR) is 137 cm³/mol. The summed E-state index contributed by atoms with van der Waals surface area (Å²) < 4.78 is 5.18. The lowest BCUT2D eigenvalue weighted by Crippen LogP contribution is -2.30. The van der Waals surface area contributed by atoms with Crippen LogP contribution in [0, 0.1) is 11.3 Å². The average Bonchev–Trinajstić information content (AvgIpc) is 3.21. The summed E-state index contributed by atoms with van der Waals surface area (Å²) in [4.78, 5) is 20.9. The zero-order valence-corrected chi connectivity index (χ0v) is 20.8. The van der Waals surface area contributed by atoms with Gasteiger partial charge in [0.15, 0.2) is 0 Å². The zero-order valence-electron chi connectivity index (χ0n) is 20.8. The first-order valence-corrected chi connectivity index (χ1v) is 12.1. The maximum atomic E-state index is 12.9. The van der Waals surface area contributed by atoms with E-state index in [4.69, 9.17) is 4.74 Å². The number of piperidine rings is 1. The first kappa shape index (κ1) is 23.8. The number of rotatable bonds is 6. The van der Waals surface area contributed by atoms with Crippen LogP contribution in [0.15, 0.2) is 36.4 Å². The van der Waals surface area contributed by atoms with Crippen molar-refractivity contribution in [3.05, 3.63) is 58.7 Å². The Balaban J connectivity index is 1.87. The predicted octanol–water partition coefficient (Wildman–Crippen LogP) is 5.74. The molecular formula is C28H34N4O2. The lowest BCUT2D eigenvalue weighted by molar-refractivity contribution is 0.0604. The van der Waals surface area contributed by atoms with Crippen molar-refractivity contribution in [1.82, 2.24) is 9.88 Å². The maximum Gasteiger partial charge on any atom is 0.342 e. The number of aryl methyl sites for hydroxylation is 1. The molecule has 0 spiro atoms. The number of fused-ring (bicyclic) bond motifs is 1. The van der Waals surface area contributed by atoms with E-state index in [-0.39, 0.29) is 6.04 Å². The van der Waals surface area contributed by atoms with Gasteiger partial charge in [0.05, 0.1) is 18.7 Å². The van der Waals surface area contributed by atoms with Gasteiger partial charge in [0.1, 0.15) is 11.4 Å². The second kappa shape index (κ2) is 9.90. The number of nitrogens with zero attached hydrogens (tertiary/aromatic N) is 3. The number of hydrogen-bond donors (Lipinski definition) is 1. The van der Waals surface area contributed by atoms with Gasteiger partial charge in [0.2, 0.25) is 0 Å². The van der Waals surface area contributed by atoms with E-state index in [0.29, 0.717) is 22.9 Å². The van der Waals surface area contributed by atoms with Gasteiger partial charge in [-0.1, -0.05) is 19.1 Å². The van der Waals surface area contributed by atoms with Crippen LogP contribution < -0.4 is 4.90 Å². The molecule has 6 nitrogen and oxygen atoms in total. The largest absolute Gasteiger partial charge is 0.465 e. The second-order valence-electron chi connectivity index (χ2n) is 9.49. The van der Waals surface area contributed by atoms with Crippen molar-refractivity contribution in [2.24, 2.45) is 0 Å². The Hall–Kier alpha value is -3.30. The van der Waals surface area contributed by atoms with E-state index in [1.165, 1.54) is 18.2 Å². The van der Waals surface area contributed by atoms with E-state index in [1.807, 2.05) is 6.07 Å². The highest BCUT2D eigenvalue weighted by atomic mass is 16.5. The third kappa shape index (κ3) is 4.41. The number of hydrogen-bond acceptors (Lipinski definition) is 5. The van der Waals surface area contributed by atoms with Crippen LogP contribution in [0.1, 0.15) is 66.6 Å². The van der Waals surface area contributed by atoms with E-state index >= 15 is 0 Å². The number of ether oxygens (including phenoxy) is 1. The van der Waals surface area contributed by atoms with Gasteiger partial charge in [-0.3, -0.25) is 0 Å². The van der Waals surface area contributed by atoms with Gasteiger partial charge in [-0.25, -0.2) is 4.79 Å². The summed E-state index contributed by atoms with van der Waals surface area (Å²) in [5.74, 6) is 0.851. The molecule has 1 N–H and O–H groups in total. The molecule has 3 aromatic rings. The summed E-state index contributed by atoms with van der Waals surface area (Å²) in [6.07, 6.45) is 3.32. The van der Waals surface area contributed by atoms with E-state index in [1.54, 1.807) is 12.1 Å². The van der Waals surface area contributed by atoms with E-state index in [9.17, 15) is 10.1 Å². The number of nitriles is 1. The standard InChI is InChI=1S/C28H34N4O2/c1-6-20-8-9-22(16-24(20)21-11-13-31(4)14-12-21)32(18(2)3)27-26(28(33)34-5)23-10-7-19(17-29)15-25(23)30-27/h7-10,15-16,18,21,30H,6,11-14H2,1-5H3. The van der Waals surface area contributed by atoms with Crippen molar-refractivity contribution in [2.45, 2.75) is 52.0 Å². The fourth-order valence-corrected chi connectivity index (χ4v) is 5.18. The fraction of sp³-hybridized carbons (Fsp3) is 0.429. The van der Waals surface area contributed by atoms with Crippen molar-refractivity contribution in [3.8, 4) is 6.07 Å². The Morgan fingerprint density at radius 3 is 2.59 bits per heavy atom. The minimum Gasteiger partial charge on any atom is -0.465 e. The molecule has 0 radical (unpaired) electrons. The number of H-pyrrole nitrogens is 1. The van der Waals surface area contributed by atoms with Crippen LogP contribution in [-0.4, -0.2) is 49.1 Å². The molecule has 1 fully saturated rings. The number of methoxy groups -OCH3 is 1. The molecule has 6 heteroatoms. The smallest absolute Gasteiger partial charge is 0.342 e. The molecule has 0 unspecified atom stereocenters. The normalized spacial score (nSPS) is 15.0. The Morgan fingerprint density at radius 2 is 1.97 bits per heavy atom. The number of benzene rings is 2. The van der Waals surface area contributed by atoms with Crippen molar-refractivity contribution >= 4 is 28.4 Å². The van der Waals surface area contributed by atoms with Crippen molar-refractivity contribution < 1.29 is 9.53 Å². The van der Waals surface area contributed by atoms with Crippen LogP contribution in [0.25, 0.3) is 10.9 Å². The van der Waals surface area contributed by atoms with Crippen molar-refractivity contribution in [1.29, 1.82) is 5.26 Å². The second-order valence-corrected chi connectivity index (χ2v) is 9.49. The Morgan fingerprint density at radius 1 is 1.24 bits per heavy atom. The summed E-state index contributed by atoms with van der Waals surface area (Å²) in [5, 5.41) is 10.1. The van der Waals surface area contributed by atoms with Crippen molar-refractivity contribution in [2.75, 3.05) is 32.1 Å². The van der Waals surface area contributed by atoms with Gasteiger partial charge in [0, 0.05) is 22.6 Å². The number of nitrogens with one attached hydrogen (secondary N) is 1. The van der Waals surface area contributed by atoms with Gasteiger partial charge in [-0.15, -0.1) is 0 Å². The Labute approximate surface area is 202 Å². The molecule has 0 saturated carbocycles. The topological polar surface area (TPSA) is 72.4 Å². The highest BCUT2D eigenvalue weighted by molar-refractivity contribution is 6.10. The molecule has 34 heavy (non-hydrogen) atoms. The third-order valence-electron chi connectivity index (χ3n) is 7.00. The van der Waals surface area contributed by atoms with E-state index < -0.39 is 5.97 Å². The Bertz CT molecular complexity index is 1230. The average molecular weight is 459 g/mol. The van der Waals surface area contributed by atoms with Crippen LogP contribution in [0.3, 0.4) is 0 Å². The van der Waals surface area contributed by atoms with Gasteiger partial charge < -0.3 is 19.5 Å². The van der Waals surface area contributed by atoms with Crippen LogP contribution in [0.4, 0.5) is 11.5 Å². The summed E-state index contributed by atoms with van der Waals surface area (Å²) >= 11 is 0. The van der Waals surface area contributed by atoms with Gasteiger partial charge in [-0.05, 0) is 94.6 Å². The highest BCUT2D eigenvalue weighted by Gasteiger charge is 2.28. The van der Waals surface area contributed by atoms with Crippen LogP contribution in [0.2, 0.25) is 0 Å². The monoisotopic (exact) mass is 458 g/mol. The van der Waals surface area contributed by atoms with E-state index in [0.717, 1.165) is 48.9 Å². The minimum absolute atomic E-state index is 0.0877. The molecule has 1 aliphatic heterocycles. The maximum absolute atomic E-state index is 12.9. The molecule has 0 bridgehead atoms. The summed E-state index contributed by atoms with van der Waals surface area (Å²) in [6.45, 7) is 8.68. The first-order chi connectivity index (χ1) is 16.4. The molecule has 2 aromatic carbocycles. The van der Waals surface area contributed by atoms with Gasteiger partial charge in [-0.2, -0.15) is 5.26 Å². The van der Waals surface area contributed by atoms with E-state index in [2.05, 4.69) is 66.9 Å². The molecule has 1 aliphatic rings. The quantitative estimate of drug-likeness (QED) is 0.477. The number of aromatic nitrogens is 1. The molecule has 1 aromatic heterocycles. The number of likely N-dealkylation sites (tertiary alicyclic amines) is 1.